The fraction of sp³-hybridized carbons (Fsp3) is 0.667. The molecule has 3 N–H and O–H groups in total. The molecule has 2 rings (SSSR count). The number of nitrogens with two attached hydrogens (primary N) is 1. The van der Waals surface area contributed by atoms with Crippen molar-refractivity contribution in [3.05, 3.63) is 16.1 Å². The molecule has 1 aliphatic rings. The van der Waals surface area contributed by atoms with E-state index < -0.39 is 0 Å². The fourth-order valence-corrected chi connectivity index (χ4v) is 2.16. The number of nitrogens with one attached hydrogen (secondary N) is 1. The van der Waals surface area contributed by atoms with Gasteiger partial charge in [0.2, 0.25) is 0 Å². The normalized spacial score (nSPS) is 14.7. The van der Waals surface area contributed by atoms with Crippen LogP contribution in [-0.4, -0.2) is 30.6 Å². The second-order valence-electron chi connectivity index (χ2n) is 4.46. The topological polar surface area (TPSA) is 77.2 Å². The maximum absolute atomic E-state index is 11.7. The van der Waals surface area contributed by atoms with Crippen LogP contribution >= 0.6 is 11.3 Å². The van der Waals surface area contributed by atoms with E-state index in [9.17, 15) is 4.79 Å². The summed E-state index contributed by atoms with van der Waals surface area (Å²) >= 11 is 1.41. The van der Waals surface area contributed by atoms with Gasteiger partial charge in [0.15, 0.2) is 0 Å². The van der Waals surface area contributed by atoms with E-state index >= 15 is 0 Å². The van der Waals surface area contributed by atoms with E-state index in [1.165, 1.54) is 24.2 Å². The van der Waals surface area contributed by atoms with Gasteiger partial charge in [-0.1, -0.05) is 0 Å². The zero-order valence-corrected chi connectivity index (χ0v) is 11.2. The number of thiazole rings is 1. The quantitative estimate of drug-likeness (QED) is 0.694. The second-order valence-corrected chi connectivity index (χ2v) is 5.40. The van der Waals surface area contributed by atoms with Gasteiger partial charge in [0.05, 0.1) is 0 Å². The number of carbonyl (C=O) groups is 1. The van der Waals surface area contributed by atoms with Crippen LogP contribution in [0, 0.1) is 5.92 Å². The van der Waals surface area contributed by atoms with Gasteiger partial charge >= 0.3 is 0 Å². The zero-order chi connectivity index (χ0) is 12.8. The first-order valence-electron chi connectivity index (χ1n) is 6.30. The van der Waals surface area contributed by atoms with Crippen LogP contribution in [0.5, 0.6) is 0 Å². The largest absolute Gasteiger partial charge is 0.381 e. The second kappa shape index (κ2) is 6.82. The van der Waals surface area contributed by atoms with E-state index in [1.54, 1.807) is 5.38 Å². The molecule has 1 aromatic rings. The van der Waals surface area contributed by atoms with Crippen LogP contribution in [0.2, 0.25) is 0 Å². The number of aromatic nitrogens is 1. The molecule has 1 amide bonds. The van der Waals surface area contributed by atoms with E-state index in [1.807, 2.05) is 0 Å². The third kappa shape index (κ3) is 4.36. The minimum Gasteiger partial charge on any atom is -0.381 e. The van der Waals surface area contributed by atoms with E-state index in [0.29, 0.717) is 25.4 Å². The molecule has 1 saturated carbocycles. The number of ether oxygens (including phenoxy) is 1. The molecule has 0 aromatic carbocycles. The van der Waals surface area contributed by atoms with Gasteiger partial charge in [-0.05, 0) is 25.2 Å². The summed E-state index contributed by atoms with van der Waals surface area (Å²) < 4.78 is 5.49. The standard InChI is InChI=1S/C12H19N3O2S/c13-6-11-15-10(8-18-11)12(16)14-4-1-5-17-7-9-2-3-9/h8-9H,1-7,13H2,(H,14,16). The molecule has 1 aliphatic carbocycles. The van der Waals surface area contributed by atoms with Crippen molar-refractivity contribution in [2.45, 2.75) is 25.8 Å². The molecule has 0 saturated heterocycles. The molecule has 0 spiro atoms. The Kier molecular flexibility index (Phi) is 5.10. The molecular formula is C12H19N3O2S. The van der Waals surface area contributed by atoms with Crippen LogP contribution in [0.25, 0.3) is 0 Å². The SMILES string of the molecule is NCc1nc(C(=O)NCCCOCC2CC2)cs1. The maximum Gasteiger partial charge on any atom is 0.270 e. The van der Waals surface area contributed by atoms with Gasteiger partial charge in [-0.2, -0.15) is 0 Å². The van der Waals surface area contributed by atoms with Crippen molar-refractivity contribution in [1.82, 2.24) is 10.3 Å². The van der Waals surface area contributed by atoms with E-state index in [4.69, 9.17) is 10.5 Å². The summed E-state index contributed by atoms with van der Waals surface area (Å²) in [6.45, 7) is 2.59. The van der Waals surface area contributed by atoms with Gasteiger partial charge < -0.3 is 15.8 Å². The summed E-state index contributed by atoms with van der Waals surface area (Å²) in [5.41, 5.74) is 5.91. The van der Waals surface area contributed by atoms with Gasteiger partial charge in [0, 0.05) is 31.7 Å². The first-order valence-corrected chi connectivity index (χ1v) is 7.18. The third-order valence-electron chi connectivity index (χ3n) is 2.76. The van der Waals surface area contributed by atoms with Crippen LogP contribution in [-0.2, 0) is 11.3 Å². The highest BCUT2D eigenvalue weighted by atomic mass is 32.1. The number of hydrogen-bond donors (Lipinski definition) is 2. The van der Waals surface area contributed by atoms with Gasteiger partial charge in [-0.15, -0.1) is 11.3 Å². The summed E-state index contributed by atoms with van der Waals surface area (Å²) in [6, 6.07) is 0. The smallest absolute Gasteiger partial charge is 0.270 e. The number of nitrogens with zero attached hydrogens (tertiary/aromatic N) is 1. The molecular weight excluding hydrogens is 250 g/mol. The minimum absolute atomic E-state index is 0.131. The van der Waals surface area contributed by atoms with Crippen LogP contribution in [0.1, 0.15) is 34.8 Å². The number of rotatable bonds is 8. The van der Waals surface area contributed by atoms with Gasteiger partial charge in [-0.3, -0.25) is 4.79 Å². The summed E-state index contributed by atoms with van der Waals surface area (Å²) in [4.78, 5) is 15.8. The Morgan fingerprint density at radius 2 is 2.44 bits per heavy atom. The Hall–Kier alpha value is -0.980. The highest BCUT2D eigenvalue weighted by molar-refractivity contribution is 7.09. The maximum atomic E-state index is 11.7. The van der Waals surface area contributed by atoms with E-state index in [0.717, 1.165) is 24.0 Å². The highest BCUT2D eigenvalue weighted by Gasteiger charge is 2.20. The Labute approximate surface area is 111 Å². The molecule has 1 heterocycles. The summed E-state index contributed by atoms with van der Waals surface area (Å²) in [6.07, 6.45) is 3.46. The molecule has 0 radical (unpaired) electrons. The number of amides is 1. The Morgan fingerprint density at radius 3 is 3.11 bits per heavy atom. The summed E-state index contributed by atoms with van der Waals surface area (Å²) in [5.74, 6) is 0.664. The van der Waals surface area contributed by atoms with Crippen LogP contribution < -0.4 is 11.1 Å². The fourth-order valence-electron chi connectivity index (χ4n) is 1.51. The zero-order valence-electron chi connectivity index (χ0n) is 10.4. The number of carbonyl (C=O) groups excluding carboxylic acids is 1. The monoisotopic (exact) mass is 269 g/mol. The van der Waals surface area contributed by atoms with Crippen LogP contribution in [0.3, 0.4) is 0 Å². The first kappa shape index (κ1) is 13.5. The molecule has 5 nitrogen and oxygen atoms in total. The van der Waals surface area contributed by atoms with Crippen molar-refractivity contribution in [1.29, 1.82) is 0 Å². The molecule has 0 atom stereocenters. The lowest BCUT2D eigenvalue weighted by molar-refractivity contribution is 0.0933. The third-order valence-corrected chi connectivity index (χ3v) is 3.63. The lowest BCUT2D eigenvalue weighted by Gasteiger charge is -2.04. The Morgan fingerprint density at radius 1 is 1.61 bits per heavy atom. The van der Waals surface area contributed by atoms with Crippen molar-refractivity contribution in [2.75, 3.05) is 19.8 Å². The van der Waals surface area contributed by atoms with Crippen molar-refractivity contribution < 1.29 is 9.53 Å². The lowest BCUT2D eigenvalue weighted by atomic mass is 10.4. The molecule has 0 unspecified atom stereocenters. The van der Waals surface area contributed by atoms with Crippen LogP contribution in [0.15, 0.2) is 5.38 Å². The van der Waals surface area contributed by atoms with Crippen molar-refractivity contribution >= 4 is 17.2 Å². The van der Waals surface area contributed by atoms with Crippen molar-refractivity contribution in [2.24, 2.45) is 11.7 Å². The predicted molar refractivity (Wildman–Crippen MR) is 70.5 cm³/mol. The Balaban J connectivity index is 1.56. The lowest BCUT2D eigenvalue weighted by Crippen LogP contribution is -2.25. The minimum atomic E-state index is -0.131. The predicted octanol–water partition coefficient (Wildman–Crippen LogP) is 1.15. The molecule has 1 aromatic heterocycles. The van der Waals surface area contributed by atoms with Gasteiger partial charge in [0.25, 0.3) is 5.91 Å². The van der Waals surface area contributed by atoms with Gasteiger partial charge in [-0.25, -0.2) is 4.98 Å². The number of hydrogen-bond acceptors (Lipinski definition) is 5. The van der Waals surface area contributed by atoms with E-state index in [-0.39, 0.29) is 5.91 Å². The average molecular weight is 269 g/mol. The summed E-state index contributed by atoms with van der Waals surface area (Å²) in [7, 11) is 0. The Bertz CT molecular complexity index is 390. The molecule has 6 heteroatoms. The molecule has 0 bridgehead atoms. The molecule has 100 valence electrons. The molecule has 18 heavy (non-hydrogen) atoms. The van der Waals surface area contributed by atoms with Crippen molar-refractivity contribution in [3.8, 4) is 0 Å². The molecule has 0 aliphatic heterocycles. The average Bonchev–Trinajstić information content (AvgIpc) is 3.07. The molecule has 1 fully saturated rings. The van der Waals surface area contributed by atoms with Crippen LogP contribution in [0.4, 0.5) is 0 Å². The summed E-state index contributed by atoms with van der Waals surface area (Å²) in [5, 5.41) is 5.35. The highest BCUT2D eigenvalue weighted by Crippen LogP contribution is 2.28. The van der Waals surface area contributed by atoms with E-state index in [2.05, 4.69) is 10.3 Å². The van der Waals surface area contributed by atoms with Gasteiger partial charge in [0.1, 0.15) is 10.7 Å². The van der Waals surface area contributed by atoms with Crippen molar-refractivity contribution in [3.63, 3.8) is 0 Å². The first-order chi connectivity index (χ1) is 8.79.